The van der Waals surface area contributed by atoms with Gasteiger partial charge in [0.2, 0.25) is 0 Å². The zero-order chi connectivity index (χ0) is 20.2. The first kappa shape index (κ1) is 18.8. The van der Waals surface area contributed by atoms with E-state index in [1.165, 1.54) is 11.3 Å². The zero-order valence-electron chi connectivity index (χ0n) is 16.1. The second-order valence-electron chi connectivity index (χ2n) is 6.33. The topological polar surface area (TPSA) is 52.5 Å². The monoisotopic (exact) mass is 404 g/mol. The van der Waals surface area contributed by atoms with Crippen molar-refractivity contribution in [1.29, 1.82) is 0 Å². The third-order valence-corrected chi connectivity index (χ3v) is 5.55. The number of hydrogen-bond donors (Lipinski definition) is 1. The second kappa shape index (κ2) is 8.24. The second-order valence-corrected chi connectivity index (χ2v) is 7.21. The van der Waals surface area contributed by atoms with Gasteiger partial charge in [0, 0.05) is 29.0 Å². The fourth-order valence-corrected chi connectivity index (χ4v) is 4.06. The quantitative estimate of drug-likeness (QED) is 0.463. The molecular weight excluding hydrogens is 384 g/mol. The number of nitrogens with one attached hydrogen (secondary N) is 1. The summed E-state index contributed by atoms with van der Waals surface area (Å²) >= 11 is 1.43. The van der Waals surface area contributed by atoms with Gasteiger partial charge in [0.25, 0.3) is 5.91 Å². The highest BCUT2D eigenvalue weighted by Gasteiger charge is 2.20. The standard InChI is InChI=1S/C23H20N2O3S/c1-27-18-9-5-16(6-10-18)20-15-29-22(21(20)25-13-3-4-14-25)23(26)24-17-7-11-19(28-2)12-8-17/h3-15H,1-2H3,(H,24,26). The Morgan fingerprint density at radius 2 is 1.48 bits per heavy atom. The van der Waals surface area contributed by atoms with Crippen LogP contribution < -0.4 is 14.8 Å². The number of carbonyl (C=O) groups excluding carboxylic acids is 1. The molecular formula is C23H20N2O3S. The Hall–Kier alpha value is -3.51. The fraction of sp³-hybridized carbons (Fsp3) is 0.0870. The first-order valence-corrected chi connectivity index (χ1v) is 9.92. The molecule has 0 bridgehead atoms. The van der Waals surface area contributed by atoms with Crippen molar-refractivity contribution in [3.8, 4) is 28.3 Å². The SMILES string of the molecule is COc1ccc(NC(=O)c2scc(-c3ccc(OC)cc3)c2-n2cccc2)cc1. The van der Waals surface area contributed by atoms with Gasteiger partial charge in [-0.2, -0.15) is 0 Å². The largest absolute Gasteiger partial charge is 0.497 e. The van der Waals surface area contributed by atoms with Gasteiger partial charge >= 0.3 is 0 Å². The Morgan fingerprint density at radius 3 is 2.07 bits per heavy atom. The van der Waals surface area contributed by atoms with Crippen LogP contribution in [0.3, 0.4) is 0 Å². The number of anilines is 1. The smallest absolute Gasteiger partial charge is 0.267 e. The van der Waals surface area contributed by atoms with E-state index in [4.69, 9.17) is 9.47 Å². The Morgan fingerprint density at radius 1 is 0.897 bits per heavy atom. The Kier molecular flexibility index (Phi) is 5.35. The van der Waals surface area contributed by atoms with Crippen molar-refractivity contribution >= 4 is 22.9 Å². The number of aromatic nitrogens is 1. The van der Waals surface area contributed by atoms with Gasteiger partial charge in [-0.1, -0.05) is 12.1 Å². The van der Waals surface area contributed by atoms with Crippen molar-refractivity contribution in [1.82, 2.24) is 4.57 Å². The average molecular weight is 404 g/mol. The predicted molar refractivity (Wildman–Crippen MR) is 117 cm³/mol. The summed E-state index contributed by atoms with van der Waals surface area (Å²) in [5, 5.41) is 4.99. The van der Waals surface area contributed by atoms with Gasteiger partial charge in [0.15, 0.2) is 0 Å². The zero-order valence-corrected chi connectivity index (χ0v) is 16.9. The molecule has 2 aromatic heterocycles. The molecule has 1 amide bonds. The lowest BCUT2D eigenvalue weighted by Crippen LogP contribution is -2.12. The number of thiophene rings is 1. The van der Waals surface area contributed by atoms with Gasteiger partial charge in [0.05, 0.1) is 19.9 Å². The van der Waals surface area contributed by atoms with Gasteiger partial charge < -0.3 is 19.4 Å². The number of benzene rings is 2. The van der Waals surface area contributed by atoms with Crippen molar-refractivity contribution in [3.63, 3.8) is 0 Å². The third-order valence-electron chi connectivity index (χ3n) is 4.58. The first-order valence-electron chi connectivity index (χ1n) is 9.04. The molecule has 2 heterocycles. The van der Waals surface area contributed by atoms with Gasteiger partial charge in [0.1, 0.15) is 16.4 Å². The van der Waals surface area contributed by atoms with E-state index in [1.807, 2.05) is 83.0 Å². The van der Waals surface area contributed by atoms with Crippen LogP contribution in [0.1, 0.15) is 9.67 Å². The van der Waals surface area contributed by atoms with Crippen LogP contribution >= 0.6 is 11.3 Å². The van der Waals surface area contributed by atoms with E-state index in [0.29, 0.717) is 10.6 Å². The van der Waals surface area contributed by atoms with Crippen LogP contribution in [0.15, 0.2) is 78.4 Å². The molecule has 1 N–H and O–H groups in total. The maximum Gasteiger partial charge on any atom is 0.267 e. The van der Waals surface area contributed by atoms with Gasteiger partial charge in [-0.05, 0) is 54.1 Å². The van der Waals surface area contributed by atoms with E-state index in [1.54, 1.807) is 14.2 Å². The maximum absolute atomic E-state index is 13.1. The molecule has 4 rings (SSSR count). The van der Waals surface area contributed by atoms with Gasteiger partial charge in [-0.15, -0.1) is 11.3 Å². The molecule has 0 aliphatic rings. The Labute approximate surface area is 173 Å². The Balaban J connectivity index is 1.71. The maximum atomic E-state index is 13.1. The molecule has 6 heteroatoms. The lowest BCUT2D eigenvalue weighted by molar-refractivity contribution is 0.103. The highest BCUT2D eigenvalue weighted by Crippen LogP contribution is 2.36. The lowest BCUT2D eigenvalue weighted by Gasteiger charge is -2.11. The normalized spacial score (nSPS) is 10.6. The summed E-state index contributed by atoms with van der Waals surface area (Å²) in [6, 6.07) is 19.0. The summed E-state index contributed by atoms with van der Waals surface area (Å²) in [7, 11) is 3.26. The van der Waals surface area contributed by atoms with Crippen LogP contribution in [-0.4, -0.2) is 24.7 Å². The molecule has 0 aliphatic carbocycles. The fourth-order valence-electron chi connectivity index (χ4n) is 3.09. The molecule has 4 aromatic rings. The van der Waals surface area contributed by atoms with E-state index < -0.39 is 0 Å². The van der Waals surface area contributed by atoms with E-state index >= 15 is 0 Å². The van der Waals surface area contributed by atoms with Crippen molar-refractivity contribution in [2.24, 2.45) is 0 Å². The van der Waals surface area contributed by atoms with Gasteiger partial charge in [-0.3, -0.25) is 4.79 Å². The minimum Gasteiger partial charge on any atom is -0.497 e. The van der Waals surface area contributed by atoms with Crippen molar-refractivity contribution in [3.05, 3.63) is 83.3 Å². The molecule has 0 aliphatic heterocycles. The molecule has 0 spiro atoms. The molecule has 29 heavy (non-hydrogen) atoms. The van der Waals surface area contributed by atoms with Crippen LogP contribution in [0.5, 0.6) is 11.5 Å². The highest BCUT2D eigenvalue weighted by atomic mass is 32.1. The number of nitrogens with zero attached hydrogens (tertiary/aromatic N) is 1. The molecule has 5 nitrogen and oxygen atoms in total. The van der Waals surface area contributed by atoms with Crippen LogP contribution in [0.25, 0.3) is 16.8 Å². The third kappa shape index (κ3) is 3.88. The summed E-state index contributed by atoms with van der Waals surface area (Å²) in [5.41, 5.74) is 3.59. The number of rotatable bonds is 6. The number of carbonyl (C=O) groups is 1. The van der Waals surface area contributed by atoms with Crippen molar-refractivity contribution in [2.45, 2.75) is 0 Å². The molecule has 0 atom stereocenters. The molecule has 0 unspecified atom stereocenters. The summed E-state index contributed by atoms with van der Waals surface area (Å²) in [5.74, 6) is 1.39. The van der Waals surface area contributed by atoms with Gasteiger partial charge in [-0.25, -0.2) is 0 Å². The summed E-state index contributed by atoms with van der Waals surface area (Å²) < 4.78 is 12.4. The minimum absolute atomic E-state index is 0.149. The van der Waals surface area contributed by atoms with E-state index in [2.05, 4.69) is 5.32 Å². The Bertz CT molecular complexity index is 1100. The van der Waals surface area contributed by atoms with E-state index in [-0.39, 0.29) is 5.91 Å². The number of methoxy groups -OCH3 is 2. The minimum atomic E-state index is -0.149. The molecule has 0 saturated carbocycles. The molecule has 2 aromatic carbocycles. The average Bonchev–Trinajstić information content (AvgIpc) is 3.44. The molecule has 0 saturated heterocycles. The van der Waals surface area contributed by atoms with E-state index in [0.717, 1.165) is 28.3 Å². The van der Waals surface area contributed by atoms with Crippen LogP contribution in [0, 0.1) is 0 Å². The van der Waals surface area contributed by atoms with Crippen LogP contribution in [-0.2, 0) is 0 Å². The number of hydrogen-bond acceptors (Lipinski definition) is 4. The van der Waals surface area contributed by atoms with Crippen molar-refractivity contribution < 1.29 is 14.3 Å². The van der Waals surface area contributed by atoms with Crippen LogP contribution in [0.2, 0.25) is 0 Å². The number of amides is 1. The van der Waals surface area contributed by atoms with E-state index in [9.17, 15) is 4.79 Å². The lowest BCUT2D eigenvalue weighted by atomic mass is 10.1. The summed E-state index contributed by atoms with van der Waals surface area (Å²) in [6.45, 7) is 0. The summed E-state index contributed by atoms with van der Waals surface area (Å²) in [6.07, 6.45) is 3.89. The van der Waals surface area contributed by atoms with Crippen LogP contribution in [0.4, 0.5) is 5.69 Å². The molecule has 0 radical (unpaired) electrons. The predicted octanol–water partition coefficient (Wildman–Crippen LogP) is 5.48. The van der Waals surface area contributed by atoms with Crippen molar-refractivity contribution in [2.75, 3.05) is 19.5 Å². The molecule has 146 valence electrons. The highest BCUT2D eigenvalue weighted by molar-refractivity contribution is 7.13. The number of ether oxygens (including phenoxy) is 2. The summed E-state index contributed by atoms with van der Waals surface area (Å²) in [4.78, 5) is 13.7. The first-order chi connectivity index (χ1) is 14.2. The molecule has 0 fully saturated rings.